The fourth-order valence-electron chi connectivity index (χ4n) is 3.28. The average Bonchev–Trinajstić information content (AvgIpc) is 2.68. The number of fused-ring (bicyclic) bond motifs is 1. The molecule has 2 aromatic carbocycles. The van der Waals surface area contributed by atoms with Gasteiger partial charge < -0.3 is 5.32 Å². The molecule has 24 heavy (non-hydrogen) atoms. The first kappa shape index (κ1) is 17.3. The number of halogens is 2. The van der Waals surface area contributed by atoms with E-state index >= 15 is 0 Å². The van der Waals surface area contributed by atoms with E-state index in [1.807, 2.05) is 57.2 Å². The number of anilines is 1. The molecule has 0 radical (unpaired) electrons. The maximum absolute atomic E-state index is 13.0. The van der Waals surface area contributed by atoms with Crippen molar-refractivity contribution in [3.63, 3.8) is 0 Å². The molecule has 126 valence electrons. The summed E-state index contributed by atoms with van der Waals surface area (Å²) in [5.74, 6) is -0.0744. The lowest BCUT2D eigenvalue weighted by molar-refractivity contribution is -0.122. The highest BCUT2D eigenvalue weighted by atomic mass is 35.5. The molecule has 0 saturated carbocycles. The predicted molar refractivity (Wildman–Crippen MR) is 99.8 cm³/mol. The molecule has 3 nitrogen and oxygen atoms in total. The summed E-state index contributed by atoms with van der Waals surface area (Å²) in [4.78, 5) is 13.0. The van der Waals surface area contributed by atoms with Crippen molar-refractivity contribution in [2.24, 2.45) is 0 Å². The van der Waals surface area contributed by atoms with Gasteiger partial charge in [0.25, 0.3) is 0 Å². The molecule has 0 aliphatic carbocycles. The number of carbonyl (C=O) groups excluding carboxylic acids is 1. The lowest BCUT2D eigenvalue weighted by atomic mass is 9.82. The summed E-state index contributed by atoms with van der Waals surface area (Å²) < 4.78 is 0. The summed E-state index contributed by atoms with van der Waals surface area (Å²) >= 11 is 12.2. The SMILES string of the molecule is CC(C)(C)NC1(Cc2cccc(Cl)c2)C(=O)Nc2cc(Cl)ccc21. The van der Waals surface area contributed by atoms with Gasteiger partial charge in [0.2, 0.25) is 5.91 Å². The highest BCUT2D eigenvalue weighted by Gasteiger charge is 2.48. The van der Waals surface area contributed by atoms with Crippen LogP contribution in [-0.4, -0.2) is 11.4 Å². The molecule has 0 spiro atoms. The predicted octanol–water partition coefficient (Wildman–Crippen LogP) is 4.77. The second-order valence-corrected chi connectivity index (χ2v) is 8.10. The highest BCUT2D eigenvalue weighted by molar-refractivity contribution is 6.31. The Morgan fingerprint density at radius 2 is 1.79 bits per heavy atom. The van der Waals surface area contributed by atoms with Crippen molar-refractivity contribution >= 4 is 34.8 Å². The molecule has 1 aliphatic rings. The molecule has 5 heteroatoms. The van der Waals surface area contributed by atoms with Crippen LogP contribution in [0.2, 0.25) is 10.0 Å². The van der Waals surface area contributed by atoms with Gasteiger partial charge in [-0.25, -0.2) is 0 Å². The molecule has 0 fully saturated rings. The zero-order valence-electron chi connectivity index (χ0n) is 13.9. The smallest absolute Gasteiger partial charge is 0.249 e. The monoisotopic (exact) mass is 362 g/mol. The van der Waals surface area contributed by atoms with E-state index in [4.69, 9.17) is 23.2 Å². The molecule has 0 bridgehead atoms. The van der Waals surface area contributed by atoms with Crippen LogP contribution in [0.25, 0.3) is 0 Å². The van der Waals surface area contributed by atoms with E-state index in [1.54, 1.807) is 6.07 Å². The number of carbonyl (C=O) groups is 1. The van der Waals surface area contributed by atoms with Crippen molar-refractivity contribution in [2.75, 3.05) is 5.32 Å². The molecule has 2 aromatic rings. The number of amides is 1. The molecule has 1 unspecified atom stereocenters. The van der Waals surface area contributed by atoms with Crippen LogP contribution in [0.5, 0.6) is 0 Å². The molecule has 0 aromatic heterocycles. The molecule has 1 amide bonds. The summed E-state index contributed by atoms with van der Waals surface area (Å²) in [5.41, 5.74) is 1.55. The third-order valence-electron chi connectivity index (χ3n) is 4.02. The van der Waals surface area contributed by atoms with E-state index in [1.165, 1.54) is 0 Å². The quantitative estimate of drug-likeness (QED) is 0.825. The Balaban J connectivity index is 2.12. The number of nitrogens with one attached hydrogen (secondary N) is 2. The van der Waals surface area contributed by atoms with Crippen LogP contribution in [0.4, 0.5) is 5.69 Å². The lowest BCUT2D eigenvalue weighted by Crippen LogP contribution is -2.57. The standard InChI is InChI=1S/C19H20Cl2N2O/c1-18(2,3)23-19(11-12-5-4-6-13(20)9-12)15-8-7-14(21)10-16(15)22-17(19)24/h4-10,23H,11H2,1-3H3,(H,22,24). The highest BCUT2D eigenvalue weighted by Crippen LogP contribution is 2.41. The van der Waals surface area contributed by atoms with Gasteiger partial charge in [-0.1, -0.05) is 41.4 Å². The van der Waals surface area contributed by atoms with Gasteiger partial charge in [-0.2, -0.15) is 0 Å². The zero-order chi connectivity index (χ0) is 17.5. The summed E-state index contributed by atoms with van der Waals surface area (Å²) in [5, 5.41) is 7.76. The maximum Gasteiger partial charge on any atom is 0.249 e. The Morgan fingerprint density at radius 3 is 2.46 bits per heavy atom. The molecular weight excluding hydrogens is 343 g/mol. The molecule has 1 aliphatic heterocycles. The topological polar surface area (TPSA) is 41.1 Å². The third kappa shape index (κ3) is 3.30. The summed E-state index contributed by atoms with van der Waals surface area (Å²) in [6, 6.07) is 13.1. The third-order valence-corrected chi connectivity index (χ3v) is 4.49. The van der Waals surface area contributed by atoms with E-state index < -0.39 is 5.54 Å². The van der Waals surface area contributed by atoms with Crippen molar-refractivity contribution in [1.82, 2.24) is 5.32 Å². The fraction of sp³-hybridized carbons (Fsp3) is 0.316. The molecule has 3 rings (SSSR count). The molecule has 1 atom stereocenters. The normalized spacial score (nSPS) is 20.0. The first-order valence-corrected chi connectivity index (χ1v) is 8.60. The minimum Gasteiger partial charge on any atom is -0.324 e. The minimum absolute atomic E-state index is 0.0744. The zero-order valence-corrected chi connectivity index (χ0v) is 15.4. The fourth-order valence-corrected chi connectivity index (χ4v) is 3.67. The average molecular weight is 363 g/mol. The molecule has 0 saturated heterocycles. The number of benzene rings is 2. The van der Waals surface area contributed by atoms with Gasteiger partial charge in [0.05, 0.1) is 0 Å². The molecule has 1 heterocycles. The number of rotatable bonds is 3. The van der Waals surface area contributed by atoms with Crippen LogP contribution in [0.1, 0.15) is 31.9 Å². The van der Waals surface area contributed by atoms with E-state index in [0.29, 0.717) is 16.5 Å². The van der Waals surface area contributed by atoms with Gasteiger partial charge in [0.15, 0.2) is 0 Å². The van der Waals surface area contributed by atoms with Gasteiger partial charge in [0.1, 0.15) is 5.54 Å². The minimum atomic E-state index is -0.858. The van der Waals surface area contributed by atoms with Crippen LogP contribution in [0.15, 0.2) is 42.5 Å². The van der Waals surface area contributed by atoms with Gasteiger partial charge in [-0.15, -0.1) is 0 Å². The summed E-state index contributed by atoms with van der Waals surface area (Å²) in [6.07, 6.45) is 0.505. The van der Waals surface area contributed by atoms with Crippen molar-refractivity contribution in [2.45, 2.75) is 38.3 Å². The van der Waals surface area contributed by atoms with Crippen molar-refractivity contribution in [3.05, 3.63) is 63.6 Å². The maximum atomic E-state index is 13.0. The van der Waals surface area contributed by atoms with Crippen molar-refractivity contribution in [1.29, 1.82) is 0 Å². The lowest BCUT2D eigenvalue weighted by Gasteiger charge is -2.36. The van der Waals surface area contributed by atoms with Crippen molar-refractivity contribution < 1.29 is 4.79 Å². The Labute approximate surface area is 152 Å². The Bertz CT molecular complexity index is 798. The van der Waals surface area contributed by atoms with E-state index in [0.717, 1.165) is 16.8 Å². The Hall–Kier alpha value is -1.55. The van der Waals surface area contributed by atoms with Crippen LogP contribution >= 0.6 is 23.2 Å². The van der Waals surface area contributed by atoms with Gasteiger partial charge >= 0.3 is 0 Å². The van der Waals surface area contributed by atoms with Gasteiger partial charge in [0, 0.05) is 33.3 Å². The summed E-state index contributed by atoms with van der Waals surface area (Å²) in [7, 11) is 0. The molecular formula is C19H20Cl2N2O. The second kappa shape index (κ2) is 6.07. The second-order valence-electron chi connectivity index (χ2n) is 7.23. The summed E-state index contributed by atoms with van der Waals surface area (Å²) in [6.45, 7) is 6.15. The van der Waals surface area contributed by atoms with Crippen LogP contribution < -0.4 is 10.6 Å². The Kier molecular flexibility index (Phi) is 4.37. The molecule has 2 N–H and O–H groups in total. The number of hydrogen-bond acceptors (Lipinski definition) is 2. The van der Waals surface area contributed by atoms with Crippen LogP contribution in [-0.2, 0) is 16.8 Å². The van der Waals surface area contributed by atoms with Crippen LogP contribution in [0, 0.1) is 0 Å². The van der Waals surface area contributed by atoms with Gasteiger partial charge in [-0.3, -0.25) is 10.1 Å². The van der Waals surface area contributed by atoms with E-state index in [2.05, 4.69) is 10.6 Å². The van der Waals surface area contributed by atoms with E-state index in [-0.39, 0.29) is 11.4 Å². The van der Waals surface area contributed by atoms with Gasteiger partial charge in [-0.05, 0) is 50.6 Å². The number of hydrogen-bond donors (Lipinski definition) is 2. The van der Waals surface area contributed by atoms with Crippen LogP contribution in [0.3, 0.4) is 0 Å². The first-order chi connectivity index (χ1) is 11.2. The van der Waals surface area contributed by atoms with Crippen molar-refractivity contribution in [3.8, 4) is 0 Å². The Morgan fingerprint density at radius 1 is 1.08 bits per heavy atom. The first-order valence-electron chi connectivity index (χ1n) is 7.85. The van der Waals surface area contributed by atoms with E-state index in [9.17, 15) is 4.79 Å². The largest absolute Gasteiger partial charge is 0.324 e.